The van der Waals surface area contributed by atoms with Gasteiger partial charge in [0.05, 0.1) is 6.04 Å². The summed E-state index contributed by atoms with van der Waals surface area (Å²) in [5, 5.41) is 4.01. The van der Waals surface area contributed by atoms with Crippen LogP contribution in [-0.4, -0.2) is 12.0 Å². The molecule has 0 spiro atoms. The predicted octanol–water partition coefficient (Wildman–Crippen LogP) is 3.58. The van der Waals surface area contributed by atoms with Gasteiger partial charge in [-0.2, -0.15) is 0 Å². The Morgan fingerprint density at radius 3 is 2.85 bits per heavy atom. The second-order valence-corrected chi connectivity index (χ2v) is 4.78. The number of benzene rings is 1. The van der Waals surface area contributed by atoms with E-state index < -0.39 is 0 Å². The zero-order valence-electron chi connectivity index (χ0n) is 11.4. The molecule has 1 atom stereocenters. The molecule has 0 aliphatic carbocycles. The summed E-state index contributed by atoms with van der Waals surface area (Å²) in [5.74, 6) is 0.508. The van der Waals surface area contributed by atoms with Crippen molar-refractivity contribution in [3.63, 3.8) is 0 Å². The molecule has 3 aromatic rings. The van der Waals surface area contributed by atoms with Crippen LogP contribution in [0.25, 0.3) is 11.0 Å². The molecule has 1 aromatic carbocycles. The van der Waals surface area contributed by atoms with Gasteiger partial charge in [-0.3, -0.25) is 4.98 Å². The molecule has 1 unspecified atom stereocenters. The number of hydrogen-bond acceptors (Lipinski definition) is 3. The van der Waals surface area contributed by atoms with Gasteiger partial charge in [-0.15, -0.1) is 0 Å². The second kappa shape index (κ2) is 5.06. The van der Waals surface area contributed by atoms with Crippen LogP contribution in [0, 0.1) is 12.7 Å². The molecule has 102 valence electrons. The molecule has 0 saturated carbocycles. The van der Waals surface area contributed by atoms with Gasteiger partial charge in [0.2, 0.25) is 0 Å². The molecule has 2 aromatic heterocycles. The number of nitrogens with zero attached hydrogens (tertiary/aromatic N) is 1. The summed E-state index contributed by atoms with van der Waals surface area (Å²) >= 11 is 0. The highest BCUT2D eigenvalue weighted by Gasteiger charge is 2.18. The average molecular weight is 270 g/mol. The monoisotopic (exact) mass is 270 g/mol. The summed E-state index contributed by atoms with van der Waals surface area (Å²) in [6.45, 7) is 2.01. The predicted molar refractivity (Wildman–Crippen MR) is 76.0 cm³/mol. The lowest BCUT2D eigenvalue weighted by atomic mass is 10.0. The van der Waals surface area contributed by atoms with E-state index in [0.717, 1.165) is 22.3 Å². The quantitative estimate of drug-likeness (QED) is 0.790. The van der Waals surface area contributed by atoms with Gasteiger partial charge < -0.3 is 9.73 Å². The average Bonchev–Trinajstić information content (AvgIpc) is 2.84. The molecule has 3 nitrogen and oxygen atoms in total. The first-order chi connectivity index (χ1) is 9.69. The first kappa shape index (κ1) is 12.8. The Morgan fingerprint density at radius 2 is 2.10 bits per heavy atom. The van der Waals surface area contributed by atoms with Crippen LogP contribution in [0.5, 0.6) is 0 Å². The van der Waals surface area contributed by atoms with Crippen LogP contribution < -0.4 is 5.32 Å². The molecule has 0 aliphatic heterocycles. The van der Waals surface area contributed by atoms with Crippen molar-refractivity contribution in [2.75, 3.05) is 7.05 Å². The Kier molecular flexibility index (Phi) is 3.24. The van der Waals surface area contributed by atoms with E-state index in [9.17, 15) is 4.39 Å². The van der Waals surface area contributed by atoms with E-state index in [1.807, 2.05) is 32.3 Å². The minimum Gasteiger partial charge on any atom is -0.459 e. The molecule has 20 heavy (non-hydrogen) atoms. The molecule has 0 saturated heterocycles. The van der Waals surface area contributed by atoms with Crippen molar-refractivity contribution in [3.8, 4) is 0 Å². The summed E-state index contributed by atoms with van der Waals surface area (Å²) in [7, 11) is 1.87. The van der Waals surface area contributed by atoms with Gasteiger partial charge in [0.25, 0.3) is 0 Å². The van der Waals surface area contributed by atoms with Crippen LogP contribution in [0.15, 0.2) is 47.1 Å². The van der Waals surface area contributed by atoms with Gasteiger partial charge in [-0.05, 0) is 55.4 Å². The Morgan fingerprint density at radius 1 is 1.25 bits per heavy atom. The van der Waals surface area contributed by atoms with Crippen molar-refractivity contribution in [1.82, 2.24) is 10.3 Å². The largest absolute Gasteiger partial charge is 0.459 e. The number of furan rings is 1. The van der Waals surface area contributed by atoms with Gasteiger partial charge in [0.15, 0.2) is 0 Å². The van der Waals surface area contributed by atoms with Crippen molar-refractivity contribution >= 4 is 11.0 Å². The van der Waals surface area contributed by atoms with Crippen LogP contribution in [0.1, 0.15) is 22.9 Å². The number of halogens is 1. The molecule has 0 bridgehead atoms. The first-order valence-electron chi connectivity index (χ1n) is 6.46. The highest BCUT2D eigenvalue weighted by Crippen LogP contribution is 2.29. The molecule has 4 heteroatoms. The number of aromatic nitrogens is 1. The van der Waals surface area contributed by atoms with Crippen molar-refractivity contribution in [1.29, 1.82) is 0 Å². The number of rotatable bonds is 3. The molecular weight excluding hydrogens is 255 g/mol. The zero-order chi connectivity index (χ0) is 14.1. The standard InChI is InChI=1S/C16H15FN2O/c1-10-9-19-6-5-13(10)16(18-2)15-8-11-7-12(17)3-4-14(11)20-15/h3-9,16,18H,1-2H3. The molecule has 3 rings (SSSR count). The summed E-state index contributed by atoms with van der Waals surface area (Å²) in [6, 6.07) is 8.30. The normalized spacial score (nSPS) is 12.8. The molecule has 0 fully saturated rings. The first-order valence-corrected chi connectivity index (χ1v) is 6.46. The van der Waals surface area contributed by atoms with Crippen molar-refractivity contribution < 1.29 is 8.81 Å². The lowest BCUT2D eigenvalue weighted by molar-refractivity contribution is 0.490. The number of nitrogens with one attached hydrogen (secondary N) is 1. The minimum atomic E-state index is -0.258. The van der Waals surface area contributed by atoms with Crippen LogP contribution in [0.3, 0.4) is 0 Å². The fraction of sp³-hybridized carbons (Fsp3) is 0.188. The van der Waals surface area contributed by atoms with E-state index >= 15 is 0 Å². The Labute approximate surface area is 116 Å². The van der Waals surface area contributed by atoms with Crippen LogP contribution >= 0.6 is 0 Å². The number of hydrogen-bond donors (Lipinski definition) is 1. The SMILES string of the molecule is CNC(c1cc2cc(F)ccc2o1)c1ccncc1C. The molecule has 0 radical (unpaired) electrons. The molecule has 0 aliphatic rings. The third-order valence-corrected chi connectivity index (χ3v) is 3.45. The highest BCUT2D eigenvalue weighted by atomic mass is 19.1. The number of pyridine rings is 1. The van der Waals surface area contributed by atoms with Crippen molar-refractivity contribution in [3.05, 3.63) is 65.4 Å². The molecule has 0 amide bonds. The number of aryl methyl sites for hydroxylation is 1. The van der Waals surface area contributed by atoms with E-state index in [-0.39, 0.29) is 11.9 Å². The molecule has 2 heterocycles. The molecule has 1 N–H and O–H groups in total. The Hall–Kier alpha value is -2.20. The second-order valence-electron chi connectivity index (χ2n) is 4.78. The van der Waals surface area contributed by atoms with E-state index in [2.05, 4.69) is 10.3 Å². The topological polar surface area (TPSA) is 38.1 Å². The maximum atomic E-state index is 13.3. The van der Waals surface area contributed by atoms with Gasteiger partial charge in [-0.1, -0.05) is 0 Å². The third kappa shape index (κ3) is 2.18. The maximum absolute atomic E-state index is 13.3. The summed E-state index contributed by atoms with van der Waals surface area (Å²) in [6.07, 6.45) is 3.58. The van der Waals surface area contributed by atoms with E-state index in [4.69, 9.17) is 4.42 Å². The van der Waals surface area contributed by atoms with E-state index in [1.165, 1.54) is 12.1 Å². The summed E-state index contributed by atoms with van der Waals surface area (Å²) in [4.78, 5) is 4.10. The lowest BCUT2D eigenvalue weighted by Crippen LogP contribution is -2.18. The smallest absolute Gasteiger partial charge is 0.134 e. The van der Waals surface area contributed by atoms with E-state index in [0.29, 0.717) is 5.58 Å². The van der Waals surface area contributed by atoms with Crippen LogP contribution in [0.2, 0.25) is 0 Å². The summed E-state index contributed by atoms with van der Waals surface area (Å²) < 4.78 is 19.1. The van der Waals surface area contributed by atoms with Crippen LogP contribution in [-0.2, 0) is 0 Å². The highest BCUT2D eigenvalue weighted by molar-refractivity contribution is 5.78. The van der Waals surface area contributed by atoms with Crippen LogP contribution in [0.4, 0.5) is 4.39 Å². The van der Waals surface area contributed by atoms with Crippen molar-refractivity contribution in [2.45, 2.75) is 13.0 Å². The maximum Gasteiger partial charge on any atom is 0.134 e. The Bertz CT molecular complexity index is 751. The van der Waals surface area contributed by atoms with E-state index in [1.54, 1.807) is 12.3 Å². The fourth-order valence-corrected chi connectivity index (χ4v) is 2.44. The van der Waals surface area contributed by atoms with Gasteiger partial charge >= 0.3 is 0 Å². The van der Waals surface area contributed by atoms with Gasteiger partial charge in [-0.25, -0.2) is 4.39 Å². The summed E-state index contributed by atoms with van der Waals surface area (Å²) in [5.41, 5.74) is 2.87. The van der Waals surface area contributed by atoms with Crippen molar-refractivity contribution in [2.24, 2.45) is 0 Å². The Balaban J connectivity index is 2.10. The lowest BCUT2D eigenvalue weighted by Gasteiger charge is -2.15. The number of fused-ring (bicyclic) bond motifs is 1. The van der Waals surface area contributed by atoms with Gasteiger partial charge in [0.1, 0.15) is 17.2 Å². The fourth-order valence-electron chi connectivity index (χ4n) is 2.44. The minimum absolute atomic E-state index is 0.0755. The zero-order valence-corrected chi connectivity index (χ0v) is 11.4. The van der Waals surface area contributed by atoms with Gasteiger partial charge in [0, 0.05) is 17.8 Å². The molecular formula is C16H15FN2O. The third-order valence-electron chi connectivity index (χ3n) is 3.45.